The number of imidazole rings is 1. The number of carbonyl (C=O) groups is 1. The SMILES string of the molecule is O=C(/C=C/c1ccccc1)NCCn1ccnc1-c1ccccn1. The summed E-state index contributed by atoms with van der Waals surface area (Å²) in [6.07, 6.45) is 8.70. The Morgan fingerprint density at radius 2 is 1.88 bits per heavy atom. The van der Waals surface area contributed by atoms with Gasteiger partial charge in [0.05, 0.1) is 0 Å². The average Bonchev–Trinajstić information content (AvgIpc) is 3.10. The highest BCUT2D eigenvalue weighted by Gasteiger charge is 2.06. The summed E-state index contributed by atoms with van der Waals surface area (Å²) in [5.41, 5.74) is 1.82. The second-order valence-corrected chi connectivity index (χ2v) is 5.19. The zero-order chi connectivity index (χ0) is 16.6. The fourth-order valence-electron chi connectivity index (χ4n) is 2.31. The first kappa shape index (κ1) is 15.7. The zero-order valence-electron chi connectivity index (χ0n) is 13.2. The number of pyridine rings is 1. The van der Waals surface area contributed by atoms with Gasteiger partial charge in [-0.05, 0) is 23.8 Å². The third kappa shape index (κ3) is 4.16. The molecule has 0 fully saturated rings. The van der Waals surface area contributed by atoms with E-state index in [0.29, 0.717) is 13.1 Å². The maximum Gasteiger partial charge on any atom is 0.244 e. The molecule has 0 aliphatic carbocycles. The molecular formula is C19H18N4O. The van der Waals surface area contributed by atoms with Crippen molar-refractivity contribution in [1.82, 2.24) is 19.9 Å². The first-order valence-corrected chi connectivity index (χ1v) is 7.76. The Morgan fingerprint density at radius 3 is 2.67 bits per heavy atom. The van der Waals surface area contributed by atoms with E-state index in [1.165, 1.54) is 0 Å². The fourth-order valence-corrected chi connectivity index (χ4v) is 2.31. The van der Waals surface area contributed by atoms with Crippen LogP contribution in [0.15, 0.2) is 73.2 Å². The number of nitrogens with one attached hydrogen (secondary N) is 1. The van der Waals surface area contributed by atoms with Gasteiger partial charge in [-0.25, -0.2) is 4.98 Å². The number of amides is 1. The molecule has 0 unspecified atom stereocenters. The Hall–Kier alpha value is -3.21. The Bertz CT molecular complexity index is 810. The van der Waals surface area contributed by atoms with Crippen LogP contribution in [0.25, 0.3) is 17.6 Å². The number of carbonyl (C=O) groups excluding carboxylic acids is 1. The van der Waals surface area contributed by atoms with E-state index < -0.39 is 0 Å². The highest BCUT2D eigenvalue weighted by atomic mass is 16.1. The average molecular weight is 318 g/mol. The second kappa shape index (κ2) is 7.87. The molecule has 1 N–H and O–H groups in total. The van der Waals surface area contributed by atoms with Crippen molar-refractivity contribution in [3.63, 3.8) is 0 Å². The standard InChI is InChI=1S/C19H18N4O/c24-18(10-9-16-6-2-1-3-7-16)21-12-14-23-15-13-22-19(23)17-8-4-5-11-20-17/h1-11,13,15H,12,14H2,(H,21,24)/b10-9+. The molecule has 0 saturated heterocycles. The lowest BCUT2D eigenvalue weighted by atomic mass is 10.2. The van der Waals surface area contributed by atoms with E-state index in [-0.39, 0.29) is 5.91 Å². The van der Waals surface area contributed by atoms with Crippen LogP contribution in [0.4, 0.5) is 0 Å². The highest BCUT2D eigenvalue weighted by molar-refractivity contribution is 5.91. The normalized spacial score (nSPS) is 10.8. The minimum Gasteiger partial charge on any atom is -0.351 e. The summed E-state index contributed by atoms with van der Waals surface area (Å²) < 4.78 is 1.98. The lowest BCUT2D eigenvalue weighted by molar-refractivity contribution is -0.116. The van der Waals surface area contributed by atoms with Gasteiger partial charge in [-0.1, -0.05) is 36.4 Å². The van der Waals surface area contributed by atoms with E-state index in [1.807, 2.05) is 59.3 Å². The Morgan fingerprint density at radius 1 is 1.04 bits per heavy atom. The summed E-state index contributed by atoms with van der Waals surface area (Å²) in [5.74, 6) is 0.683. The van der Waals surface area contributed by atoms with Crippen molar-refractivity contribution < 1.29 is 4.79 Å². The number of rotatable bonds is 6. The van der Waals surface area contributed by atoms with Crippen molar-refractivity contribution in [2.24, 2.45) is 0 Å². The summed E-state index contributed by atoms with van der Waals surface area (Å²) in [4.78, 5) is 20.5. The van der Waals surface area contributed by atoms with E-state index in [9.17, 15) is 4.79 Å². The van der Waals surface area contributed by atoms with Crippen molar-refractivity contribution in [1.29, 1.82) is 0 Å². The van der Waals surface area contributed by atoms with E-state index in [1.54, 1.807) is 24.5 Å². The van der Waals surface area contributed by atoms with E-state index in [0.717, 1.165) is 17.1 Å². The molecule has 5 nitrogen and oxygen atoms in total. The molecule has 0 spiro atoms. The van der Waals surface area contributed by atoms with Gasteiger partial charge in [0.25, 0.3) is 0 Å². The lowest BCUT2D eigenvalue weighted by Crippen LogP contribution is -2.25. The largest absolute Gasteiger partial charge is 0.351 e. The van der Waals surface area contributed by atoms with Gasteiger partial charge < -0.3 is 9.88 Å². The predicted molar refractivity (Wildman–Crippen MR) is 93.9 cm³/mol. The maximum atomic E-state index is 11.9. The predicted octanol–water partition coefficient (Wildman–Crippen LogP) is 2.77. The van der Waals surface area contributed by atoms with Crippen LogP contribution in [0.5, 0.6) is 0 Å². The van der Waals surface area contributed by atoms with Crippen LogP contribution in [-0.2, 0) is 11.3 Å². The summed E-state index contributed by atoms with van der Waals surface area (Å²) in [7, 11) is 0. The summed E-state index contributed by atoms with van der Waals surface area (Å²) in [6, 6.07) is 15.4. The molecule has 24 heavy (non-hydrogen) atoms. The molecule has 0 atom stereocenters. The topological polar surface area (TPSA) is 59.8 Å². The van der Waals surface area contributed by atoms with Crippen LogP contribution in [0.3, 0.4) is 0 Å². The molecule has 0 saturated carbocycles. The van der Waals surface area contributed by atoms with E-state index in [4.69, 9.17) is 0 Å². The van der Waals surface area contributed by atoms with Gasteiger partial charge in [-0.2, -0.15) is 0 Å². The smallest absolute Gasteiger partial charge is 0.244 e. The molecular weight excluding hydrogens is 300 g/mol. The molecule has 2 aromatic heterocycles. The number of benzene rings is 1. The van der Waals surface area contributed by atoms with Crippen molar-refractivity contribution in [3.05, 3.63) is 78.8 Å². The Balaban J connectivity index is 1.53. The molecule has 1 aromatic carbocycles. The van der Waals surface area contributed by atoms with Crippen LogP contribution in [0.1, 0.15) is 5.56 Å². The number of aromatic nitrogens is 3. The van der Waals surface area contributed by atoms with E-state index >= 15 is 0 Å². The molecule has 0 radical (unpaired) electrons. The summed E-state index contributed by atoms with van der Waals surface area (Å²) >= 11 is 0. The quantitative estimate of drug-likeness (QED) is 0.711. The van der Waals surface area contributed by atoms with Gasteiger partial charge in [-0.15, -0.1) is 0 Å². The molecule has 3 aromatic rings. The summed E-state index contributed by atoms with van der Waals surface area (Å²) in [6.45, 7) is 1.16. The molecule has 3 rings (SSSR count). The lowest BCUT2D eigenvalue weighted by Gasteiger charge is -2.07. The van der Waals surface area contributed by atoms with Crippen molar-refractivity contribution >= 4 is 12.0 Å². The molecule has 1 amide bonds. The maximum absolute atomic E-state index is 11.9. The Labute approximate surface area is 140 Å². The molecule has 5 heteroatoms. The van der Waals surface area contributed by atoms with Crippen molar-refractivity contribution in [3.8, 4) is 11.5 Å². The molecule has 2 heterocycles. The van der Waals surface area contributed by atoms with Crippen LogP contribution in [0, 0.1) is 0 Å². The fraction of sp³-hybridized carbons (Fsp3) is 0.105. The zero-order valence-corrected chi connectivity index (χ0v) is 13.2. The first-order chi connectivity index (χ1) is 11.8. The Kier molecular flexibility index (Phi) is 5.14. The molecule has 120 valence electrons. The van der Waals surface area contributed by atoms with Crippen LogP contribution in [0.2, 0.25) is 0 Å². The van der Waals surface area contributed by atoms with E-state index in [2.05, 4.69) is 15.3 Å². The minimum absolute atomic E-state index is 0.113. The molecule has 0 aliphatic heterocycles. The van der Waals surface area contributed by atoms with Gasteiger partial charge in [0, 0.05) is 37.8 Å². The third-order valence-corrected chi connectivity index (χ3v) is 3.49. The number of nitrogens with zero attached hydrogens (tertiary/aromatic N) is 3. The van der Waals surface area contributed by atoms with Crippen molar-refractivity contribution in [2.45, 2.75) is 6.54 Å². The number of hydrogen-bond acceptors (Lipinski definition) is 3. The van der Waals surface area contributed by atoms with Gasteiger partial charge in [0.15, 0.2) is 5.82 Å². The van der Waals surface area contributed by atoms with Gasteiger partial charge in [-0.3, -0.25) is 9.78 Å². The number of hydrogen-bond donors (Lipinski definition) is 1. The van der Waals surface area contributed by atoms with Gasteiger partial charge >= 0.3 is 0 Å². The van der Waals surface area contributed by atoms with Gasteiger partial charge in [0.2, 0.25) is 5.91 Å². The first-order valence-electron chi connectivity index (χ1n) is 7.76. The monoisotopic (exact) mass is 318 g/mol. The molecule has 0 aliphatic rings. The highest BCUT2D eigenvalue weighted by Crippen LogP contribution is 2.13. The van der Waals surface area contributed by atoms with Crippen LogP contribution >= 0.6 is 0 Å². The minimum atomic E-state index is -0.113. The van der Waals surface area contributed by atoms with Crippen LogP contribution in [-0.4, -0.2) is 27.0 Å². The van der Waals surface area contributed by atoms with Crippen LogP contribution < -0.4 is 5.32 Å². The second-order valence-electron chi connectivity index (χ2n) is 5.19. The summed E-state index contributed by atoms with van der Waals surface area (Å²) in [5, 5.41) is 2.88. The van der Waals surface area contributed by atoms with Crippen molar-refractivity contribution in [2.75, 3.05) is 6.54 Å². The van der Waals surface area contributed by atoms with Gasteiger partial charge in [0.1, 0.15) is 5.69 Å². The molecule has 0 bridgehead atoms. The third-order valence-electron chi connectivity index (χ3n) is 3.49.